The smallest absolute Gasteiger partial charge is 0.00225 e. The molecule has 96 valence electrons. The Bertz CT molecular complexity index is 284. The molecule has 0 aromatic heterocycles. The Morgan fingerprint density at radius 3 is 2.47 bits per heavy atom. The van der Waals surface area contributed by atoms with Crippen molar-refractivity contribution >= 4 is 11.8 Å². The molecule has 0 saturated heterocycles. The lowest BCUT2D eigenvalue weighted by molar-refractivity contribution is 0.506. The van der Waals surface area contributed by atoms with Crippen molar-refractivity contribution in [2.24, 2.45) is 0 Å². The van der Waals surface area contributed by atoms with E-state index in [1.165, 1.54) is 24.2 Å². The number of nitrogens with one attached hydrogen (secondary N) is 1. The molecule has 0 spiro atoms. The van der Waals surface area contributed by atoms with Crippen molar-refractivity contribution in [3.63, 3.8) is 0 Å². The molecular weight excluding hydrogens is 226 g/mol. The van der Waals surface area contributed by atoms with Crippen LogP contribution in [-0.2, 0) is 0 Å². The average molecular weight is 251 g/mol. The minimum atomic E-state index is 0.571. The molecule has 2 heteroatoms. The van der Waals surface area contributed by atoms with Crippen molar-refractivity contribution in [3.8, 4) is 0 Å². The molecule has 17 heavy (non-hydrogen) atoms. The normalized spacial score (nSPS) is 12.9. The van der Waals surface area contributed by atoms with Gasteiger partial charge in [-0.3, -0.25) is 0 Å². The average Bonchev–Trinajstić information content (AvgIpc) is 2.34. The van der Waals surface area contributed by atoms with Crippen molar-refractivity contribution in [2.75, 3.05) is 18.6 Å². The van der Waals surface area contributed by atoms with Gasteiger partial charge < -0.3 is 5.32 Å². The summed E-state index contributed by atoms with van der Waals surface area (Å²) in [6.45, 7) is 5.52. The molecule has 1 unspecified atom stereocenters. The van der Waals surface area contributed by atoms with E-state index in [1.807, 2.05) is 11.8 Å². The molecule has 0 heterocycles. The zero-order valence-electron chi connectivity index (χ0n) is 11.3. The second kappa shape index (κ2) is 8.60. The summed E-state index contributed by atoms with van der Waals surface area (Å²) in [4.78, 5) is 0. The van der Waals surface area contributed by atoms with Gasteiger partial charge in [0, 0.05) is 12.6 Å². The van der Waals surface area contributed by atoms with Crippen LogP contribution in [0.3, 0.4) is 0 Å². The number of rotatable bonds is 8. The van der Waals surface area contributed by atoms with Gasteiger partial charge >= 0.3 is 0 Å². The van der Waals surface area contributed by atoms with Crippen LogP contribution >= 0.6 is 11.8 Å². The van der Waals surface area contributed by atoms with Crippen LogP contribution in [0.2, 0.25) is 0 Å². The fourth-order valence-corrected chi connectivity index (χ4v) is 2.42. The lowest BCUT2D eigenvalue weighted by Gasteiger charge is -2.19. The lowest BCUT2D eigenvalue weighted by Crippen LogP contribution is -2.28. The molecule has 0 saturated carbocycles. The van der Waals surface area contributed by atoms with Crippen molar-refractivity contribution in [2.45, 2.75) is 38.6 Å². The van der Waals surface area contributed by atoms with Crippen molar-refractivity contribution in [3.05, 3.63) is 35.9 Å². The van der Waals surface area contributed by atoms with Crippen molar-refractivity contribution in [1.29, 1.82) is 0 Å². The molecule has 0 aliphatic heterocycles. The highest BCUT2D eigenvalue weighted by molar-refractivity contribution is 7.98. The van der Waals surface area contributed by atoms with Gasteiger partial charge in [-0.1, -0.05) is 44.2 Å². The highest BCUT2D eigenvalue weighted by Gasteiger charge is 2.11. The van der Waals surface area contributed by atoms with E-state index in [4.69, 9.17) is 0 Å². The fraction of sp³-hybridized carbons (Fsp3) is 0.600. The molecular formula is C15H25NS. The fourth-order valence-electron chi connectivity index (χ4n) is 1.96. The van der Waals surface area contributed by atoms with Crippen LogP contribution in [0.4, 0.5) is 0 Å². The van der Waals surface area contributed by atoms with E-state index in [0.29, 0.717) is 12.0 Å². The van der Waals surface area contributed by atoms with Gasteiger partial charge in [-0.15, -0.1) is 0 Å². The molecule has 1 N–H and O–H groups in total. The zero-order chi connectivity index (χ0) is 12.5. The number of thioether (sulfide) groups is 1. The maximum absolute atomic E-state index is 3.56. The quantitative estimate of drug-likeness (QED) is 0.703. The minimum absolute atomic E-state index is 0.571. The van der Waals surface area contributed by atoms with Gasteiger partial charge in [-0.2, -0.15) is 11.8 Å². The van der Waals surface area contributed by atoms with Gasteiger partial charge in [-0.05, 0) is 36.3 Å². The summed E-state index contributed by atoms with van der Waals surface area (Å²) >= 11 is 1.94. The van der Waals surface area contributed by atoms with Crippen LogP contribution in [0.1, 0.15) is 38.2 Å². The highest BCUT2D eigenvalue weighted by atomic mass is 32.2. The standard InChI is InChI=1S/C15H25NS/c1-13(2)16-12-15(10-7-11-17-3)14-8-5-4-6-9-14/h4-6,8-9,13,15-16H,7,10-12H2,1-3H3. The topological polar surface area (TPSA) is 12.0 Å². The summed E-state index contributed by atoms with van der Waals surface area (Å²) in [6, 6.07) is 11.5. The summed E-state index contributed by atoms with van der Waals surface area (Å²) in [6.07, 6.45) is 4.77. The SMILES string of the molecule is CSCCCC(CNC(C)C)c1ccccc1. The largest absolute Gasteiger partial charge is 0.314 e. The number of hydrogen-bond acceptors (Lipinski definition) is 2. The van der Waals surface area contributed by atoms with Crippen LogP contribution in [0.25, 0.3) is 0 Å². The Labute approximate surface area is 110 Å². The molecule has 1 aromatic carbocycles. The summed E-state index contributed by atoms with van der Waals surface area (Å²) in [5, 5.41) is 3.56. The van der Waals surface area contributed by atoms with Gasteiger partial charge in [0.15, 0.2) is 0 Å². The summed E-state index contributed by atoms with van der Waals surface area (Å²) in [7, 11) is 0. The van der Waals surface area contributed by atoms with E-state index in [-0.39, 0.29) is 0 Å². The lowest BCUT2D eigenvalue weighted by atomic mass is 9.94. The third-order valence-electron chi connectivity index (χ3n) is 2.94. The van der Waals surface area contributed by atoms with E-state index >= 15 is 0 Å². The second-order valence-corrected chi connectivity index (χ2v) is 5.79. The molecule has 0 amide bonds. The summed E-state index contributed by atoms with van der Waals surface area (Å²) < 4.78 is 0. The number of hydrogen-bond donors (Lipinski definition) is 1. The van der Waals surface area contributed by atoms with Gasteiger partial charge in [0.25, 0.3) is 0 Å². The van der Waals surface area contributed by atoms with Gasteiger partial charge in [0.2, 0.25) is 0 Å². The number of benzene rings is 1. The zero-order valence-corrected chi connectivity index (χ0v) is 12.1. The predicted octanol–water partition coefficient (Wildman–Crippen LogP) is 3.91. The van der Waals surface area contributed by atoms with Crippen LogP contribution in [0.15, 0.2) is 30.3 Å². The van der Waals surface area contributed by atoms with Crippen molar-refractivity contribution in [1.82, 2.24) is 5.32 Å². The van der Waals surface area contributed by atoms with E-state index in [0.717, 1.165) is 6.54 Å². The van der Waals surface area contributed by atoms with E-state index < -0.39 is 0 Å². The van der Waals surface area contributed by atoms with Gasteiger partial charge in [0.05, 0.1) is 0 Å². The highest BCUT2D eigenvalue weighted by Crippen LogP contribution is 2.21. The molecule has 0 radical (unpaired) electrons. The first-order valence-electron chi connectivity index (χ1n) is 6.51. The third kappa shape index (κ3) is 6.13. The first kappa shape index (κ1) is 14.6. The van der Waals surface area contributed by atoms with Crippen molar-refractivity contribution < 1.29 is 0 Å². The van der Waals surface area contributed by atoms with Crippen LogP contribution in [-0.4, -0.2) is 24.6 Å². The summed E-state index contributed by atoms with van der Waals surface area (Å²) in [5.41, 5.74) is 1.47. The van der Waals surface area contributed by atoms with Crippen LogP contribution < -0.4 is 5.32 Å². The Hall–Kier alpha value is -0.470. The third-order valence-corrected chi connectivity index (χ3v) is 3.64. The molecule has 0 aliphatic rings. The Kier molecular flexibility index (Phi) is 7.38. The van der Waals surface area contributed by atoms with Gasteiger partial charge in [0.1, 0.15) is 0 Å². The molecule has 0 fully saturated rings. The Balaban J connectivity index is 2.52. The molecule has 1 rings (SSSR count). The molecule has 0 bridgehead atoms. The predicted molar refractivity (Wildman–Crippen MR) is 79.9 cm³/mol. The Morgan fingerprint density at radius 1 is 1.18 bits per heavy atom. The molecule has 1 aromatic rings. The maximum atomic E-state index is 3.56. The Morgan fingerprint density at radius 2 is 1.88 bits per heavy atom. The van der Waals surface area contributed by atoms with E-state index in [2.05, 4.69) is 55.8 Å². The molecule has 1 nitrogen and oxygen atoms in total. The maximum Gasteiger partial charge on any atom is 0.00225 e. The monoisotopic (exact) mass is 251 g/mol. The van der Waals surface area contributed by atoms with Gasteiger partial charge in [-0.25, -0.2) is 0 Å². The molecule has 1 atom stereocenters. The first-order chi connectivity index (χ1) is 8.24. The second-order valence-electron chi connectivity index (χ2n) is 4.81. The minimum Gasteiger partial charge on any atom is -0.314 e. The first-order valence-corrected chi connectivity index (χ1v) is 7.90. The van der Waals surface area contributed by atoms with E-state index in [1.54, 1.807) is 0 Å². The van der Waals surface area contributed by atoms with Crippen LogP contribution in [0, 0.1) is 0 Å². The van der Waals surface area contributed by atoms with Crippen LogP contribution in [0.5, 0.6) is 0 Å². The van der Waals surface area contributed by atoms with E-state index in [9.17, 15) is 0 Å². The molecule has 0 aliphatic carbocycles. The summed E-state index contributed by atoms with van der Waals surface area (Å²) in [5.74, 6) is 1.93.